The van der Waals surface area contributed by atoms with Crippen LogP contribution in [0, 0.1) is 0 Å². The Morgan fingerprint density at radius 1 is 1.56 bits per heavy atom. The van der Waals surface area contributed by atoms with E-state index in [1.807, 2.05) is 18.9 Å². The van der Waals surface area contributed by atoms with Gasteiger partial charge in [0.2, 0.25) is 0 Å². The number of aromatic nitrogens is 2. The van der Waals surface area contributed by atoms with Gasteiger partial charge in [-0.25, -0.2) is 9.97 Å². The van der Waals surface area contributed by atoms with E-state index in [0.29, 0.717) is 24.1 Å². The number of hydrogen-bond donors (Lipinski definition) is 2. The largest absolute Gasteiger partial charge is 0.394 e. The summed E-state index contributed by atoms with van der Waals surface area (Å²) in [5.74, 6) is 1.62. The van der Waals surface area contributed by atoms with Crippen LogP contribution in [0.4, 0.5) is 11.6 Å². The molecule has 1 heterocycles. The van der Waals surface area contributed by atoms with Gasteiger partial charge in [-0.05, 0) is 6.92 Å². The maximum Gasteiger partial charge on any atom is 0.158 e. The molecule has 1 aromatic rings. The van der Waals surface area contributed by atoms with Crippen molar-refractivity contribution >= 4 is 11.6 Å². The van der Waals surface area contributed by atoms with Crippen molar-refractivity contribution < 1.29 is 9.84 Å². The fraction of sp³-hybridized carbons (Fsp3) is 0.600. The van der Waals surface area contributed by atoms with Crippen LogP contribution >= 0.6 is 0 Å². The molecule has 0 aliphatic heterocycles. The zero-order chi connectivity index (χ0) is 12.1. The Labute approximate surface area is 95.1 Å². The molecule has 1 rings (SSSR count). The van der Waals surface area contributed by atoms with Gasteiger partial charge in [-0.3, -0.25) is 0 Å². The van der Waals surface area contributed by atoms with Gasteiger partial charge in [0.1, 0.15) is 18.2 Å². The van der Waals surface area contributed by atoms with E-state index in [2.05, 4.69) is 9.97 Å². The first kappa shape index (κ1) is 12.7. The van der Waals surface area contributed by atoms with Crippen LogP contribution in [0.2, 0.25) is 0 Å². The normalized spacial score (nSPS) is 12.5. The summed E-state index contributed by atoms with van der Waals surface area (Å²) in [6, 6.07) is 1.65. The Bertz CT molecular complexity index is 346. The van der Waals surface area contributed by atoms with Gasteiger partial charge in [-0.15, -0.1) is 0 Å². The van der Waals surface area contributed by atoms with Gasteiger partial charge in [0.15, 0.2) is 5.82 Å². The minimum absolute atomic E-state index is 0.0234. The number of nitrogens with two attached hydrogens (primary N) is 1. The van der Waals surface area contributed by atoms with Crippen LogP contribution in [0.25, 0.3) is 0 Å². The first-order chi connectivity index (χ1) is 7.58. The Balaban J connectivity index is 2.94. The number of nitrogen functional groups attached to an aromatic ring is 1. The Kier molecular flexibility index (Phi) is 4.45. The van der Waals surface area contributed by atoms with Crippen molar-refractivity contribution in [1.82, 2.24) is 9.97 Å². The van der Waals surface area contributed by atoms with E-state index in [4.69, 9.17) is 15.6 Å². The van der Waals surface area contributed by atoms with Crippen molar-refractivity contribution in [1.29, 1.82) is 0 Å². The number of methoxy groups -OCH3 is 1. The monoisotopic (exact) mass is 226 g/mol. The molecule has 0 amide bonds. The number of rotatable bonds is 5. The molecule has 1 atom stereocenters. The van der Waals surface area contributed by atoms with E-state index in [9.17, 15) is 0 Å². The van der Waals surface area contributed by atoms with Crippen molar-refractivity contribution in [2.45, 2.75) is 19.6 Å². The summed E-state index contributed by atoms with van der Waals surface area (Å²) in [6.07, 6.45) is 0. The van der Waals surface area contributed by atoms with Gasteiger partial charge < -0.3 is 20.5 Å². The molecule has 90 valence electrons. The fourth-order valence-electron chi connectivity index (χ4n) is 1.23. The molecule has 6 nitrogen and oxygen atoms in total. The molecule has 0 aliphatic carbocycles. The highest BCUT2D eigenvalue weighted by atomic mass is 16.5. The zero-order valence-corrected chi connectivity index (χ0v) is 9.84. The lowest BCUT2D eigenvalue weighted by Gasteiger charge is -2.24. The highest BCUT2D eigenvalue weighted by molar-refractivity contribution is 5.47. The molecular formula is C10H18N4O2. The van der Waals surface area contributed by atoms with Crippen LogP contribution in [0.15, 0.2) is 6.07 Å². The summed E-state index contributed by atoms with van der Waals surface area (Å²) in [4.78, 5) is 10.2. The van der Waals surface area contributed by atoms with E-state index in [0.717, 1.165) is 0 Å². The standard InChI is InChI=1S/C10H18N4O2/c1-7(5-15)14(2)10-4-8(11)12-9(13-10)6-16-3/h4,7,15H,5-6H2,1-3H3,(H2,11,12,13). The smallest absolute Gasteiger partial charge is 0.158 e. The summed E-state index contributed by atoms with van der Waals surface area (Å²) in [7, 11) is 3.42. The predicted octanol–water partition coefficient (Wildman–Crippen LogP) is 0.0222. The Morgan fingerprint density at radius 2 is 2.25 bits per heavy atom. The van der Waals surface area contributed by atoms with E-state index in [1.165, 1.54) is 0 Å². The maximum atomic E-state index is 9.07. The first-order valence-electron chi connectivity index (χ1n) is 5.04. The summed E-state index contributed by atoms with van der Waals surface area (Å²) < 4.78 is 4.96. The van der Waals surface area contributed by atoms with Crippen molar-refractivity contribution in [3.63, 3.8) is 0 Å². The molecule has 0 saturated heterocycles. The van der Waals surface area contributed by atoms with Gasteiger partial charge in [0.25, 0.3) is 0 Å². The number of aliphatic hydroxyl groups excluding tert-OH is 1. The third-order valence-electron chi connectivity index (χ3n) is 2.34. The van der Waals surface area contributed by atoms with Crippen LogP contribution in [0.5, 0.6) is 0 Å². The van der Waals surface area contributed by atoms with Gasteiger partial charge in [-0.1, -0.05) is 0 Å². The number of likely N-dealkylation sites (N-methyl/N-ethyl adjacent to an activating group) is 1. The van der Waals surface area contributed by atoms with E-state index in [1.54, 1.807) is 13.2 Å². The minimum Gasteiger partial charge on any atom is -0.394 e. The molecule has 0 bridgehead atoms. The van der Waals surface area contributed by atoms with Gasteiger partial charge in [0.05, 0.1) is 12.6 Å². The van der Waals surface area contributed by atoms with Crippen LogP contribution in [0.1, 0.15) is 12.7 Å². The number of aliphatic hydroxyl groups is 1. The summed E-state index contributed by atoms with van der Waals surface area (Å²) in [5.41, 5.74) is 5.67. The molecule has 0 fully saturated rings. The molecule has 0 aliphatic rings. The SMILES string of the molecule is COCc1nc(N)cc(N(C)C(C)CO)n1. The number of ether oxygens (including phenoxy) is 1. The predicted molar refractivity (Wildman–Crippen MR) is 62.1 cm³/mol. The fourth-order valence-corrected chi connectivity index (χ4v) is 1.23. The molecule has 3 N–H and O–H groups in total. The lowest BCUT2D eigenvalue weighted by Crippen LogP contribution is -2.32. The summed E-state index contributed by atoms with van der Waals surface area (Å²) >= 11 is 0. The van der Waals surface area contributed by atoms with E-state index in [-0.39, 0.29) is 12.6 Å². The average Bonchev–Trinajstić information content (AvgIpc) is 2.26. The molecular weight excluding hydrogens is 208 g/mol. The van der Waals surface area contributed by atoms with E-state index >= 15 is 0 Å². The third-order valence-corrected chi connectivity index (χ3v) is 2.34. The maximum absolute atomic E-state index is 9.07. The van der Waals surface area contributed by atoms with Crippen molar-refractivity contribution in [2.24, 2.45) is 0 Å². The first-order valence-corrected chi connectivity index (χ1v) is 5.04. The van der Waals surface area contributed by atoms with Crippen LogP contribution in [0.3, 0.4) is 0 Å². The molecule has 0 radical (unpaired) electrons. The molecule has 0 aromatic carbocycles. The second-order valence-corrected chi connectivity index (χ2v) is 3.64. The van der Waals surface area contributed by atoms with Crippen LogP contribution in [-0.4, -0.2) is 41.9 Å². The van der Waals surface area contributed by atoms with Crippen molar-refractivity contribution in [3.05, 3.63) is 11.9 Å². The molecule has 1 aromatic heterocycles. The quantitative estimate of drug-likeness (QED) is 0.736. The zero-order valence-electron chi connectivity index (χ0n) is 9.84. The molecule has 0 spiro atoms. The second kappa shape index (κ2) is 5.62. The number of anilines is 2. The van der Waals surface area contributed by atoms with Crippen LogP contribution in [-0.2, 0) is 11.3 Å². The third kappa shape index (κ3) is 3.04. The number of hydrogen-bond acceptors (Lipinski definition) is 6. The van der Waals surface area contributed by atoms with Gasteiger partial charge in [-0.2, -0.15) is 0 Å². The highest BCUT2D eigenvalue weighted by Crippen LogP contribution is 2.15. The summed E-state index contributed by atoms with van der Waals surface area (Å²) in [6.45, 7) is 2.27. The Hall–Kier alpha value is -1.40. The minimum atomic E-state index is -0.0234. The Morgan fingerprint density at radius 3 is 2.81 bits per heavy atom. The van der Waals surface area contributed by atoms with Crippen molar-refractivity contribution in [2.75, 3.05) is 31.4 Å². The molecule has 16 heavy (non-hydrogen) atoms. The topological polar surface area (TPSA) is 84.5 Å². The molecule has 0 saturated carbocycles. The molecule has 6 heteroatoms. The lowest BCUT2D eigenvalue weighted by molar-refractivity contribution is 0.178. The lowest BCUT2D eigenvalue weighted by atomic mass is 10.3. The van der Waals surface area contributed by atoms with Crippen LogP contribution < -0.4 is 10.6 Å². The second-order valence-electron chi connectivity index (χ2n) is 3.64. The average molecular weight is 226 g/mol. The van der Waals surface area contributed by atoms with Gasteiger partial charge in [0, 0.05) is 20.2 Å². The highest BCUT2D eigenvalue weighted by Gasteiger charge is 2.12. The molecule has 1 unspecified atom stereocenters. The number of nitrogens with zero attached hydrogens (tertiary/aromatic N) is 3. The van der Waals surface area contributed by atoms with E-state index < -0.39 is 0 Å². The van der Waals surface area contributed by atoms with Crippen molar-refractivity contribution in [3.8, 4) is 0 Å². The van der Waals surface area contributed by atoms with Gasteiger partial charge >= 0.3 is 0 Å². The summed E-state index contributed by atoms with van der Waals surface area (Å²) in [5, 5.41) is 9.07.